The van der Waals surface area contributed by atoms with Crippen LogP contribution in [-0.4, -0.2) is 6.61 Å². The summed E-state index contributed by atoms with van der Waals surface area (Å²) < 4.78 is 20.3. The molecule has 0 aliphatic carbocycles. The van der Waals surface area contributed by atoms with E-state index in [9.17, 15) is 4.39 Å². The fraction of sp³-hybridized carbons (Fsp3) is 0.294. The van der Waals surface area contributed by atoms with Crippen LogP contribution in [-0.2, 0) is 6.54 Å². The molecule has 0 spiro atoms. The van der Waals surface area contributed by atoms with Crippen molar-refractivity contribution in [1.82, 2.24) is 0 Å². The first-order valence-corrected chi connectivity index (χ1v) is 7.80. The lowest BCUT2D eigenvalue weighted by molar-refractivity contribution is 0.314. The molecular formula is C17H19BrFNO. The van der Waals surface area contributed by atoms with Crippen molar-refractivity contribution in [3.63, 3.8) is 0 Å². The summed E-state index contributed by atoms with van der Waals surface area (Å²) in [5, 5.41) is 3.23. The van der Waals surface area contributed by atoms with Crippen LogP contribution in [0.4, 0.5) is 10.1 Å². The van der Waals surface area contributed by atoms with Crippen LogP contribution in [0.1, 0.15) is 24.5 Å². The quantitative estimate of drug-likeness (QED) is 0.762. The highest BCUT2D eigenvalue weighted by atomic mass is 79.9. The summed E-state index contributed by atoms with van der Waals surface area (Å²) in [7, 11) is 0. The molecule has 0 heterocycles. The van der Waals surface area contributed by atoms with Crippen molar-refractivity contribution in [3.8, 4) is 5.75 Å². The van der Waals surface area contributed by atoms with Crippen LogP contribution in [0.3, 0.4) is 0 Å². The van der Waals surface area contributed by atoms with Crippen LogP contribution < -0.4 is 10.1 Å². The third kappa shape index (κ3) is 4.46. The molecule has 21 heavy (non-hydrogen) atoms. The van der Waals surface area contributed by atoms with E-state index < -0.39 is 0 Å². The molecule has 112 valence electrons. The van der Waals surface area contributed by atoms with Crippen molar-refractivity contribution in [2.45, 2.75) is 26.8 Å². The van der Waals surface area contributed by atoms with Gasteiger partial charge >= 0.3 is 0 Å². The fourth-order valence-electron chi connectivity index (χ4n) is 1.94. The second kappa shape index (κ2) is 7.46. The summed E-state index contributed by atoms with van der Waals surface area (Å²) in [4.78, 5) is 0. The van der Waals surface area contributed by atoms with Gasteiger partial charge in [-0.3, -0.25) is 0 Å². The Kier molecular flexibility index (Phi) is 5.62. The van der Waals surface area contributed by atoms with Crippen molar-refractivity contribution >= 4 is 21.6 Å². The first-order chi connectivity index (χ1) is 10.1. The normalized spacial score (nSPS) is 10.5. The molecule has 0 saturated carbocycles. The molecule has 0 fully saturated rings. The lowest BCUT2D eigenvalue weighted by atomic mass is 10.1. The molecule has 2 rings (SSSR count). The predicted octanol–water partition coefficient (Wildman–Crippen LogP) is 5.30. The van der Waals surface area contributed by atoms with Gasteiger partial charge in [0.05, 0.1) is 6.61 Å². The summed E-state index contributed by atoms with van der Waals surface area (Å²) >= 11 is 3.47. The minimum Gasteiger partial charge on any atom is -0.493 e. The Balaban J connectivity index is 2.10. The van der Waals surface area contributed by atoms with E-state index >= 15 is 0 Å². The van der Waals surface area contributed by atoms with Gasteiger partial charge in [0, 0.05) is 22.3 Å². The number of hydrogen-bond acceptors (Lipinski definition) is 2. The van der Waals surface area contributed by atoms with E-state index in [0.29, 0.717) is 18.7 Å². The van der Waals surface area contributed by atoms with Gasteiger partial charge in [-0.15, -0.1) is 0 Å². The van der Waals surface area contributed by atoms with Gasteiger partial charge in [-0.05, 0) is 49.2 Å². The van der Waals surface area contributed by atoms with Crippen LogP contribution in [0.25, 0.3) is 0 Å². The maximum absolute atomic E-state index is 13.5. The van der Waals surface area contributed by atoms with Crippen LogP contribution in [0, 0.1) is 12.7 Å². The van der Waals surface area contributed by atoms with E-state index in [1.807, 2.05) is 24.3 Å². The molecule has 2 aromatic carbocycles. The Bertz CT molecular complexity index is 616. The standard InChI is InChI=1S/C17H19BrFNO/c1-3-8-21-17-7-5-14(18)9-13(17)11-20-15-6-4-12(2)16(19)10-15/h4-7,9-10,20H,3,8,11H2,1-2H3. The Morgan fingerprint density at radius 1 is 1.19 bits per heavy atom. The predicted molar refractivity (Wildman–Crippen MR) is 88.4 cm³/mol. The van der Waals surface area contributed by atoms with Crippen LogP contribution in [0.5, 0.6) is 5.75 Å². The topological polar surface area (TPSA) is 21.3 Å². The summed E-state index contributed by atoms with van der Waals surface area (Å²) in [5.74, 6) is 0.664. The number of aryl methyl sites for hydroxylation is 1. The highest BCUT2D eigenvalue weighted by Gasteiger charge is 2.06. The fourth-order valence-corrected chi connectivity index (χ4v) is 2.35. The third-order valence-corrected chi connectivity index (χ3v) is 3.63. The summed E-state index contributed by atoms with van der Waals surface area (Å²) in [6.45, 7) is 5.10. The van der Waals surface area contributed by atoms with Crippen LogP contribution in [0.15, 0.2) is 40.9 Å². The SMILES string of the molecule is CCCOc1ccc(Br)cc1CNc1ccc(C)c(F)c1. The highest BCUT2D eigenvalue weighted by Crippen LogP contribution is 2.25. The summed E-state index contributed by atoms with van der Waals surface area (Å²) in [6.07, 6.45) is 0.964. The van der Waals surface area contributed by atoms with Crippen molar-refractivity contribution < 1.29 is 9.13 Å². The maximum atomic E-state index is 13.5. The Hall–Kier alpha value is -1.55. The van der Waals surface area contributed by atoms with Gasteiger partial charge in [-0.1, -0.05) is 28.9 Å². The molecule has 0 bridgehead atoms. The van der Waals surface area contributed by atoms with E-state index in [-0.39, 0.29) is 5.82 Å². The molecule has 0 aliphatic heterocycles. The Morgan fingerprint density at radius 2 is 2.00 bits per heavy atom. The molecule has 2 nitrogen and oxygen atoms in total. The Morgan fingerprint density at radius 3 is 2.71 bits per heavy atom. The maximum Gasteiger partial charge on any atom is 0.128 e. The van der Waals surface area contributed by atoms with Crippen molar-refractivity contribution in [1.29, 1.82) is 0 Å². The number of hydrogen-bond donors (Lipinski definition) is 1. The molecule has 0 aliphatic rings. The van der Waals surface area contributed by atoms with E-state index in [0.717, 1.165) is 27.9 Å². The van der Waals surface area contributed by atoms with Crippen LogP contribution in [0.2, 0.25) is 0 Å². The van der Waals surface area contributed by atoms with Crippen molar-refractivity contribution in [2.75, 3.05) is 11.9 Å². The van der Waals surface area contributed by atoms with E-state index in [4.69, 9.17) is 4.74 Å². The second-order valence-corrected chi connectivity index (χ2v) is 5.83. The average molecular weight is 352 g/mol. The first kappa shape index (κ1) is 15.8. The lowest BCUT2D eigenvalue weighted by Gasteiger charge is -2.13. The average Bonchev–Trinajstić information content (AvgIpc) is 2.47. The largest absolute Gasteiger partial charge is 0.493 e. The molecule has 0 aromatic heterocycles. The minimum absolute atomic E-state index is 0.198. The van der Waals surface area contributed by atoms with Gasteiger partial charge in [-0.25, -0.2) is 4.39 Å². The first-order valence-electron chi connectivity index (χ1n) is 7.01. The number of anilines is 1. The molecule has 0 amide bonds. The van der Waals surface area contributed by atoms with Gasteiger partial charge in [0.2, 0.25) is 0 Å². The number of ether oxygens (including phenoxy) is 1. The molecule has 4 heteroatoms. The van der Waals surface area contributed by atoms with Gasteiger partial charge in [0.15, 0.2) is 0 Å². The molecule has 0 radical (unpaired) electrons. The summed E-state index contributed by atoms with van der Waals surface area (Å²) in [5.41, 5.74) is 2.45. The zero-order chi connectivity index (χ0) is 15.2. The van der Waals surface area contributed by atoms with Gasteiger partial charge in [0.1, 0.15) is 11.6 Å². The molecular weight excluding hydrogens is 333 g/mol. The van der Waals surface area contributed by atoms with Crippen molar-refractivity contribution in [2.24, 2.45) is 0 Å². The summed E-state index contributed by atoms with van der Waals surface area (Å²) in [6, 6.07) is 11.1. The third-order valence-electron chi connectivity index (χ3n) is 3.14. The molecule has 0 atom stereocenters. The lowest BCUT2D eigenvalue weighted by Crippen LogP contribution is -2.04. The van der Waals surface area contributed by atoms with E-state index in [1.165, 1.54) is 6.07 Å². The zero-order valence-electron chi connectivity index (χ0n) is 12.2. The smallest absolute Gasteiger partial charge is 0.128 e. The molecule has 2 aromatic rings. The molecule has 0 saturated heterocycles. The monoisotopic (exact) mass is 351 g/mol. The van der Waals surface area contributed by atoms with Gasteiger partial charge in [0.25, 0.3) is 0 Å². The van der Waals surface area contributed by atoms with E-state index in [1.54, 1.807) is 13.0 Å². The number of rotatable bonds is 6. The van der Waals surface area contributed by atoms with Gasteiger partial charge < -0.3 is 10.1 Å². The highest BCUT2D eigenvalue weighted by molar-refractivity contribution is 9.10. The van der Waals surface area contributed by atoms with Crippen LogP contribution >= 0.6 is 15.9 Å². The number of nitrogens with one attached hydrogen (secondary N) is 1. The zero-order valence-corrected chi connectivity index (χ0v) is 13.8. The molecule has 0 unspecified atom stereocenters. The number of halogens is 2. The molecule has 1 N–H and O–H groups in total. The van der Waals surface area contributed by atoms with E-state index in [2.05, 4.69) is 28.2 Å². The Labute approximate surface area is 133 Å². The second-order valence-electron chi connectivity index (χ2n) is 4.92. The number of benzene rings is 2. The van der Waals surface area contributed by atoms with Crippen molar-refractivity contribution in [3.05, 3.63) is 57.8 Å². The minimum atomic E-state index is -0.198. The van der Waals surface area contributed by atoms with Gasteiger partial charge in [-0.2, -0.15) is 0 Å².